The number of carbonyl (C=O) groups is 3. The van der Waals surface area contributed by atoms with Crippen molar-refractivity contribution in [2.24, 2.45) is 0 Å². The lowest BCUT2D eigenvalue weighted by Gasteiger charge is -2.05. The van der Waals surface area contributed by atoms with Gasteiger partial charge >= 0.3 is 5.97 Å². The van der Waals surface area contributed by atoms with E-state index in [0.717, 1.165) is 10.0 Å². The van der Waals surface area contributed by atoms with Crippen LogP contribution in [0.2, 0.25) is 0 Å². The van der Waals surface area contributed by atoms with Crippen LogP contribution >= 0.6 is 27.3 Å². The lowest BCUT2D eigenvalue weighted by Crippen LogP contribution is -2.26. The Kier molecular flexibility index (Phi) is 7.86. The van der Waals surface area contributed by atoms with E-state index >= 15 is 0 Å². The Labute approximate surface area is 184 Å². The molecule has 0 aliphatic rings. The van der Waals surface area contributed by atoms with Crippen LogP contribution in [0.1, 0.15) is 34.8 Å². The largest absolute Gasteiger partial charge is 0.456 e. The molecule has 0 aliphatic carbocycles. The van der Waals surface area contributed by atoms with E-state index in [2.05, 4.69) is 31.4 Å². The number of ketones is 1. The number of halogens is 1. The maximum atomic E-state index is 11.9. The summed E-state index contributed by atoms with van der Waals surface area (Å²) < 4.78 is 11.5. The summed E-state index contributed by atoms with van der Waals surface area (Å²) >= 11 is 4.70. The molecule has 1 amide bonds. The summed E-state index contributed by atoms with van der Waals surface area (Å²) in [5.41, 5.74) is 0.753. The van der Waals surface area contributed by atoms with Crippen molar-refractivity contribution in [3.05, 3.63) is 57.0 Å². The SMILES string of the molecule is O=C(CCC(=O)c1cccs1)NCCC(=O)OCc1nnc(-c2ccc(Br)cc2)o1. The standard InChI is InChI=1S/C20H18BrN3O5S/c21-14-5-3-13(4-6-14)20-24-23-18(29-20)12-28-19(27)9-10-22-17(26)8-7-15(25)16-2-1-11-30-16/h1-6,11H,7-10,12H2,(H,22,26). The monoisotopic (exact) mass is 491 g/mol. The number of amides is 1. The third kappa shape index (κ3) is 6.60. The van der Waals surface area contributed by atoms with E-state index in [1.807, 2.05) is 29.6 Å². The molecule has 0 saturated carbocycles. The van der Waals surface area contributed by atoms with Gasteiger partial charge in [0.2, 0.25) is 11.8 Å². The van der Waals surface area contributed by atoms with Gasteiger partial charge in [-0.25, -0.2) is 0 Å². The molecule has 3 rings (SSSR count). The average Bonchev–Trinajstić information content (AvgIpc) is 3.43. The Balaban J connectivity index is 1.33. The minimum atomic E-state index is -0.506. The predicted octanol–water partition coefficient (Wildman–Crippen LogP) is 3.77. The number of Topliss-reactive ketones (excluding diaryl/α,β-unsaturated/α-hetero) is 1. The van der Waals surface area contributed by atoms with Crippen LogP contribution in [-0.4, -0.2) is 34.4 Å². The zero-order valence-corrected chi connectivity index (χ0v) is 18.2. The summed E-state index contributed by atoms with van der Waals surface area (Å²) in [7, 11) is 0. The van der Waals surface area contributed by atoms with Crippen molar-refractivity contribution in [1.29, 1.82) is 0 Å². The van der Waals surface area contributed by atoms with Gasteiger partial charge in [0.15, 0.2) is 12.4 Å². The first kappa shape index (κ1) is 21.8. The van der Waals surface area contributed by atoms with Crippen LogP contribution in [0.25, 0.3) is 11.5 Å². The van der Waals surface area contributed by atoms with E-state index in [9.17, 15) is 14.4 Å². The summed E-state index contributed by atoms with van der Waals surface area (Å²) in [6.45, 7) is -0.0234. The second kappa shape index (κ2) is 10.8. The normalized spacial score (nSPS) is 10.6. The van der Waals surface area contributed by atoms with Crippen LogP contribution in [-0.2, 0) is 20.9 Å². The molecule has 3 aromatic rings. The highest BCUT2D eigenvalue weighted by Crippen LogP contribution is 2.20. The zero-order valence-electron chi connectivity index (χ0n) is 15.8. The molecule has 0 unspecified atom stereocenters. The third-order valence-corrected chi connectivity index (χ3v) is 5.38. The van der Waals surface area contributed by atoms with Gasteiger partial charge in [-0.15, -0.1) is 21.5 Å². The molecule has 0 spiro atoms. The lowest BCUT2D eigenvalue weighted by molar-refractivity contribution is -0.145. The quantitative estimate of drug-likeness (QED) is 0.339. The number of nitrogens with zero attached hydrogens (tertiary/aromatic N) is 2. The summed E-state index contributed by atoms with van der Waals surface area (Å²) in [4.78, 5) is 36.1. The molecule has 0 aliphatic heterocycles. The third-order valence-electron chi connectivity index (χ3n) is 3.94. The molecule has 0 bridgehead atoms. The molecule has 0 atom stereocenters. The first-order chi connectivity index (χ1) is 14.5. The van der Waals surface area contributed by atoms with Crippen LogP contribution < -0.4 is 5.32 Å². The number of ether oxygens (including phenoxy) is 1. The maximum absolute atomic E-state index is 11.9. The van der Waals surface area contributed by atoms with Crippen LogP contribution in [0.4, 0.5) is 0 Å². The number of thiophene rings is 1. The second-order valence-corrected chi connectivity index (χ2v) is 8.03. The molecular formula is C20H18BrN3O5S. The second-order valence-electron chi connectivity index (χ2n) is 6.17. The van der Waals surface area contributed by atoms with Crippen molar-refractivity contribution in [1.82, 2.24) is 15.5 Å². The van der Waals surface area contributed by atoms with Crippen molar-refractivity contribution < 1.29 is 23.5 Å². The van der Waals surface area contributed by atoms with E-state index in [1.54, 1.807) is 12.1 Å². The molecule has 1 N–H and O–H groups in total. The number of rotatable bonds is 10. The number of benzene rings is 1. The Hall–Kier alpha value is -2.85. The van der Waals surface area contributed by atoms with E-state index in [1.165, 1.54) is 11.3 Å². The Bertz CT molecular complexity index is 1000. The molecule has 156 valence electrons. The number of hydrogen-bond acceptors (Lipinski definition) is 8. The number of hydrogen-bond donors (Lipinski definition) is 1. The molecule has 10 heteroatoms. The highest BCUT2D eigenvalue weighted by atomic mass is 79.9. The van der Waals surface area contributed by atoms with Crippen molar-refractivity contribution in [2.45, 2.75) is 25.9 Å². The Morgan fingerprint density at radius 3 is 2.60 bits per heavy atom. The fourth-order valence-electron chi connectivity index (χ4n) is 2.42. The molecule has 1 aromatic carbocycles. The van der Waals surface area contributed by atoms with Crippen molar-refractivity contribution in [2.75, 3.05) is 6.54 Å². The Morgan fingerprint density at radius 1 is 1.07 bits per heavy atom. The topological polar surface area (TPSA) is 111 Å². The first-order valence-corrected chi connectivity index (χ1v) is 10.8. The van der Waals surface area contributed by atoms with Gasteiger partial charge in [0.05, 0.1) is 11.3 Å². The van der Waals surface area contributed by atoms with E-state index in [0.29, 0.717) is 10.8 Å². The van der Waals surface area contributed by atoms with Gasteiger partial charge in [-0.3, -0.25) is 14.4 Å². The minimum Gasteiger partial charge on any atom is -0.456 e. The molecule has 0 radical (unpaired) electrons. The molecule has 30 heavy (non-hydrogen) atoms. The Morgan fingerprint density at radius 2 is 1.87 bits per heavy atom. The molecular weight excluding hydrogens is 474 g/mol. The van der Waals surface area contributed by atoms with Crippen LogP contribution in [0.5, 0.6) is 0 Å². The number of nitrogens with one attached hydrogen (secondary N) is 1. The molecule has 0 saturated heterocycles. The lowest BCUT2D eigenvalue weighted by atomic mass is 10.2. The minimum absolute atomic E-state index is 0.00167. The first-order valence-electron chi connectivity index (χ1n) is 9.08. The summed E-state index contributed by atoms with van der Waals surface area (Å²) in [6, 6.07) is 10.9. The smallest absolute Gasteiger partial charge is 0.308 e. The van der Waals surface area contributed by atoms with Crippen molar-refractivity contribution in [3.63, 3.8) is 0 Å². The van der Waals surface area contributed by atoms with Gasteiger partial charge in [0.1, 0.15) is 0 Å². The molecule has 2 aromatic heterocycles. The van der Waals surface area contributed by atoms with E-state index < -0.39 is 5.97 Å². The predicted molar refractivity (Wildman–Crippen MR) is 113 cm³/mol. The van der Waals surface area contributed by atoms with Gasteiger partial charge in [0.25, 0.3) is 5.89 Å². The molecule has 8 nitrogen and oxygen atoms in total. The zero-order chi connectivity index (χ0) is 21.3. The van der Waals surface area contributed by atoms with Gasteiger partial charge in [0, 0.05) is 29.4 Å². The average molecular weight is 492 g/mol. The van der Waals surface area contributed by atoms with Crippen molar-refractivity contribution >= 4 is 44.9 Å². The highest BCUT2D eigenvalue weighted by molar-refractivity contribution is 9.10. The van der Waals surface area contributed by atoms with Crippen LogP contribution in [0.3, 0.4) is 0 Å². The molecule has 2 heterocycles. The fraction of sp³-hybridized carbons (Fsp3) is 0.250. The maximum Gasteiger partial charge on any atom is 0.308 e. The summed E-state index contributed by atoms with van der Waals surface area (Å²) in [5.74, 6) is -0.353. The van der Waals surface area contributed by atoms with Crippen LogP contribution in [0.15, 0.2) is 50.7 Å². The van der Waals surface area contributed by atoms with Gasteiger partial charge in [-0.2, -0.15) is 0 Å². The van der Waals surface area contributed by atoms with Gasteiger partial charge < -0.3 is 14.5 Å². The summed E-state index contributed by atoms with van der Waals surface area (Å²) in [6.07, 6.45) is 0.208. The van der Waals surface area contributed by atoms with Crippen molar-refractivity contribution in [3.8, 4) is 11.5 Å². The van der Waals surface area contributed by atoms with Crippen LogP contribution in [0, 0.1) is 0 Å². The van der Waals surface area contributed by atoms with Gasteiger partial charge in [-0.05, 0) is 35.7 Å². The van der Waals surface area contributed by atoms with E-state index in [4.69, 9.17) is 9.15 Å². The number of carbonyl (C=O) groups excluding carboxylic acids is 3. The van der Waals surface area contributed by atoms with E-state index in [-0.39, 0.29) is 50.0 Å². The number of aromatic nitrogens is 2. The summed E-state index contributed by atoms with van der Waals surface area (Å²) in [5, 5.41) is 12.2. The molecule has 0 fully saturated rings. The number of esters is 1. The fourth-order valence-corrected chi connectivity index (χ4v) is 3.37. The van der Waals surface area contributed by atoms with Gasteiger partial charge in [-0.1, -0.05) is 22.0 Å². The highest BCUT2D eigenvalue weighted by Gasteiger charge is 2.13.